The van der Waals surface area contributed by atoms with Gasteiger partial charge in [-0.3, -0.25) is 0 Å². The molecule has 0 aromatic heterocycles. The number of fused-ring (bicyclic) bond motifs is 3. The average molecular weight is 479 g/mol. The molecule has 0 amide bonds. The van der Waals surface area contributed by atoms with Crippen LogP contribution in [0.15, 0.2) is 122 Å². The fraction of sp³-hybridized carbons (Fsp3) is 0.0909. The van der Waals surface area contributed by atoms with Gasteiger partial charge in [0.05, 0.1) is 5.41 Å². The second-order valence-corrected chi connectivity index (χ2v) is 9.70. The molecular weight excluding hydrogens is 452 g/mol. The van der Waals surface area contributed by atoms with Crippen LogP contribution in [0.2, 0.25) is 0 Å². The lowest BCUT2D eigenvalue weighted by Crippen LogP contribution is -2.28. The van der Waals surface area contributed by atoms with Crippen molar-refractivity contribution in [2.75, 3.05) is 14.1 Å². The van der Waals surface area contributed by atoms with Crippen LogP contribution in [-0.2, 0) is 5.41 Å². The molecule has 3 aliphatic rings. The van der Waals surface area contributed by atoms with Gasteiger partial charge in [-0.15, -0.1) is 0 Å². The van der Waals surface area contributed by atoms with Crippen molar-refractivity contribution in [3.8, 4) is 11.1 Å². The van der Waals surface area contributed by atoms with Crippen LogP contribution in [0.3, 0.4) is 0 Å². The van der Waals surface area contributed by atoms with Gasteiger partial charge in [0.2, 0.25) is 23.8 Å². The van der Waals surface area contributed by atoms with E-state index in [1.807, 2.05) is 48.0 Å². The predicted molar refractivity (Wildman–Crippen MR) is 144 cm³/mol. The van der Waals surface area contributed by atoms with Crippen LogP contribution in [0.4, 0.5) is 11.4 Å². The standard InChI is InChI=1S/C33H26N4/c1-34-17-19-36(23-34)27-11-7-9-25(21-27)33(26-10-8-12-28(22-26)37-20-18-35(2)24-37)31-15-5-3-13-29(31)30-14-4-6-16-32(30)33/h3-22H,1-2H3/q+4. The lowest BCUT2D eigenvalue weighted by atomic mass is 9.67. The van der Waals surface area contributed by atoms with E-state index in [0.717, 1.165) is 11.4 Å². The molecule has 0 radical (unpaired) electrons. The number of hydrogen-bond donors (Lipinski definition) is 0. The SMILES string of the molecule is C[N+]1=C=[N+](c2cccc(C3(c4cccc([N+]5=C=[N+](C)C=C5)c4)c4ccccc4-c4ccccc43)c2)C=C1. The molecule has 4 nitrogen and oxygen atoms in total. The summed E-state index contributed by atoms with van der Waals surface area (Å²) >= 11 is 0. The van der Waals surface area contributed by atoms with Crippen molar-refractivity contribution < 1.29 is 18.3 Å². The number of benzene rings is 4. The van der Waals surface area contributed by atoms with Crippen LogP contribution < -0.4 is 0 Å². The zero-order valence-electron chi connectivity index (χ0n) is 20.8. The van der Waals surface area contributed by atoms with E-state index in [-0.39, 0.29) is 0 Å². The first kappa shape index (κ1) is 21.4. The van der Waals surface area contributed by atoms with E-state index in [1.165, 1.54) is 33.4 Å². The highest BCUT2D eigenvalue weighted by Crippen LogP contribution is 2.56. The molecule has 4 heteroatoms. The summed E-state index contributed by atoms with van der Waals surface area (Å²) in [5.41, 5.74) is 9.33. The third-order valence-electron chi connectivity index (χ3n) is 7.48. The monoisotopic (exact) mass is 478 g/mol. The summed E-state index contributed by atoms with van der Waals surface area (Å²) in [5.74, 6) is 0. The Labute approximate surface area is 216 Å². The van der Waals surface area contributed by atoms with Crippen molar-refractivity contribution in [1.82, 2.24) is 0 Å². The molecule has 2 heterocycles. The van der Waals surface area contributed by atoms with Crippen LogP contribution >= 0.6 is 0 Å². The van der Waals surface area contributed by atoms with Gasteiger partial charge in [0.15, 0.2) is 14.1 Å². The Morgan fingerprint density at radius 1 is 0.514 bits per heavy atom. The highest BCUT2D eigenvalue weighted by atomic mass is 15.1. The highest BCUT2D eigenvalue weighted by Gasteiger charge is 2.47. The Bertz CT molecular complexity index is 1690. The quantitative estimate of drug-likeness (QED) is 0.284. The fourth-order valence-corrected chi connectivity index (χ4v) is 5.90. The number of nitrogens with zero attached hydrogens (tertiary/aromatic N) is 4. The molecule has 4 aromatic rings. The number of rotatable bonds is 4. The Kier molecular flexibility index (Phi) is 4.67. The van der Waals surface area contributed by atoms with Crippen molar-refractivity contribution in [3.05, 3.63) is 144 Å². The summed E-state index contributed by atoms with van der Waals surface area (Å²) in [5, 5.41) is 0. The molecule has 0 spiro atoms. The molecule has 0 saturated carbocycles. The Balaban J connectivity index is 1.56. The highest BCUT2D eigenvalue weighted by molar-refractivity contribution is 5.86. The molecule has 0 saturated heterocycles. The summed E-state index contributed by atoms with van der Waals surface area (Å²) in [6.45, 7) is 0. The molecule has 2 aliphatic heterocycles. The molecule has 7 rings (SSSR count). The predicted octanol–water partition coefficient (Wildman–Crippen LogP) is 5.94. The average Bonchev–Trinajstić information content (AvgIpc) is 3.65. The van der Waals surface area contributed by atoms with Crippen LogP contribution in [0, 0.1) is 0 Å². The first-order valence-electron chi connectivity index (χ1n) is 12.5. The second kappa shape index (κ2) is 8.08. The van der Waals surface area contributed by atoms with Gasteiger partial charge < -0.3 is 0 Å². The summed E-state index contributed by atoms with van der Waals surface area (Å²) in [6, 6.07) is 42.2. The Morgan fingerprint density at radius 2 is 0.973 bits per heavy atom. The zero-order valence-corrected chi connectivity index (χ0v) is 20.8. The van der Waals surface area contributed by atoms with Gasteiger partial charge in [-0.05, 0) is 33.4 Å². The molecule has 1 aliphatic carbocycles. The molecule has 0 fully saturated rings. The van der Waals surface area contributed by atoms with E-state index in [1.54, 1.807) is 0 Å². The molecule has 0 atom stereocenters. The lowest BCUT2D eigenvalue weighted by Gasteiger charge is -2.33. The van der Waals surface area contributed by atoms with E-state index in [9.17, 15) is 0 Å². The van der Waals surface area contributed by atoms with E-state index in [2.05, 4.69) is 118 Å². The summed E-state index contributed by atoms with van der Waals surface area (Å²) < 4.78 is 7.99. The molecule has 0 unspecified atom stereocenters. The molecule has 174 valence electrons. The van der Waals surface area contributed by atoms with Crippen molar-refractivity contribution in [2.24, 2.45) is 0 Å². The van der Waals surface area contributed by atoms with E-state index >= 15 is 0 Å². The minimum absolute atomic E-state index is 0.468. The van der Waals surface area contributed by atoms with Gasteiger partial charge in [-0.2, -0.15) is 0 Å². The zero-order chi connectivity index (χ0) is 25.0. The van der Waals surface area contributed by atoms with Crippen molar-refractivity contribution in [3.63, 3.8) is 0 Å². The minimum atomic E-state index is -0.468. The summed E-state index contributed by atoms with van der Waals surface area (Å²) in [6.07, 6.45) is 8.12. The van der Waals surface area contributed by atoms with Crippen LogP contribution in [0.25, 0.3) is 11.1 Å². The minimum Gasteiger partial charge on any atom is -0.0968 e. The normalized spacial score (nSPS) is 16.2. The molecule has 0 N–H and O–H groups in total. The third-order valence-corrected chi connectivity index (χ3v) is 7.48. The van der Waals surface area contributed by atoms with Gasteiger partial charge >= 0.3 is 12.0 Å². The first-order valence-corrected chi connectivity index (χ1v) is 12.5. The molecule has 0 bridgehead atoms. The van der Waals surface area contributed by atoms with Crippen molar-refractivity contribution in [2.45, 2.75) is 5.41 Å². The van der Waals surface area contributed by atoms with Crippen molar-refractivity contribution in [1.29, 1.82) is 0 Å². The second-order valence-electron chi connectivity index (χ2n) is 9.70. The van der Waals surface area contributed by atoms with Crippen LogP contribution in [-0.4, -0.2) is 44.4 Å². The van der Waals surface area contributed by atoms with Gasteiger partial charge in [0.1, 0.15) is 0 Å². The summed E-state index contributed by atoms with van der Waals surface area (Å²) in [4.78, 5) is 0. The van der Waals surface area contributed by atoms with Gasteiger partial charge in [0, 0.05) is 24.3 Å². The van der Waals surface area contributed by atoms with Crippen LogP contribution in [0.1, 0.15) is 22.3 Å². The number of hydrogen-bond acceptors (Lipinski definition) is 0. The maximum absolute atomic E-state index is 3.36. The third kappa shape index (κ3) is 3.18. The fourth-order valence-electron chi connectivity index (χ4n) is 5.90. The lowest BCUT2D eigenvalue weighted by molar-refractivity contribution is -0.429. The largest absolute Gasteiger partial charge is 0.495 e. The maximum atomic E-state index is 3.36. The topological polar surface area (TPSA) is 12.0 Å². The van der Waals surface area contributed by atoms with E-state index in [0.29, 0.717) is 0 Å². The van der Waals surface area contributed by atoms with E-state index < -0.39 is 5.41 Å². The maximum Gasteiger partial charge on any atom is 0.495 e. The van der Waals surface area contributed by atoms with Crippen molar-refractivity contribution >= 4 is 23.4 Å². The molecular formula is C33H26N4+4. The van der Waals surface area contributed by atoms with Gasteiger partial charge in [0.25, 0.3) is 12.4 Å². The van der Waals surface area contributed by atoms with Crippen LogP contribution in [0.5, 0.6) is 0 Å². The first-order chi connectivity index (χ1) is 18.1. The van der Waals surface area contributed by atoms with Gasteiger partial charge in [-0.25, -0.2) is 0 Å². The summed E-state index contributed by atoms with van der Waals surface area (Å²) in [7, 11) is 3.99. The Hall–Kier alpha value is -4.88. The van der Waals surface area contributed by atoms with E-state index in [4.69, 9.17) is 0 Å². The molecule has 37 heavy (non-hydrogen) atoms. The Morgan fingerprint density at radius 3 is 1.41 bits per heavy atom. The smallest absolute Gasteiger partial charge is 0.0968 e. The van der Waals surface area contributed by atoms with Gasteiger partial charge in [-0.1, -0.05) is 91.1 Å². The molecule has 4 aromatic carbocycles.